The van der Waals surface area contributed by atoms with E-state index in [1.165, 1.54) is 6.42 Å². The lowest BCUT2D eigenvalue weighted by Gasteiger charge is -2.23. The minimum atomic E-state index is -1.15. The molecule has 126 valence electrons. The van der Waals surface area contributed by atoms with Crippen molar-refractivity contribution in [3.8, 4) is 0 Å². The molecule has 0 aromatic carbocycles. The number of hydrogen-bond acceptors (Lipinski definition) is 4. The van der Waals surface area contributed by atoms with Crippen molar-refractivity contribution < 1.29 is 24.2 Å². The van der Waals surface area contributed by atoms with Gasteiger partial charge in [-0.05, 0) is 40.0 Å². The molecule has 6 heteroatoms. The summed E-state index contributed by atoms with van der Waals surface area (Å²) in [5, 5.41) is 11.5. The first-order valence-electron chi connectivity index (χ1n) is 7.94. The molecule has 1 unspecified atom stereocenters. The third-order valence-corrected chi connectivity index (χ3v) is 3.73. The van der Waals surface area contributed by atoms with Crippen molar-refractivity contribution >= 4 is 17.8 Å². The maximum atomic E-state index is 12.1. The molecule has 1 rings (SSSR count). The predicted molar refractivity (Wildman–Crippen MR) is 81.6 cm³/mol. The molecule has 1 aliphatic rings. The maximum Gasteiger partial charge on any atom is 0.408 e. The van der Waals surface area contributed by atoms with Crippen LogP contribution in [0.3, 0.4) is 0 Å². The Hall–Kier alpha value is -1.59. The van der Waals surface area contributed by atoms with Crippen LogP contribution in [0.1, 0.15) is 65.7 Å². The summed E-state index contributed by atoms with van der Waals surface area (Å²) < 4.78 is 5.04. The number of carboxylic acids is 1. The van der Waals surface area contributed by atoms with E-state index in [4.69, 9.17) is 9.84 Å². The highest BCUT2D eigenvalue weighted by atomic mass is 16.6. The Morgan fingerprint density at radius 2 is 1.77 bits per heavy atom. The number of carbonyl (C=O) groups excluding carboxylic acids is 2. The van der Waals surface area contributed by atoms with Crippen molar-refractivity contribution in [2.24, 2.45) is 5.92 Å². The number of ketones is 1. The molecule has 0 spiro atoms. The number of nitrogens with one attached hydrogen (secondary N) is 1. The lowest BCUT2D eigenvalue weighted by atomic mass is 9.84. The number of aliphatic carboxylic acids is 1. The summed E-state index contributed by atoms with van der Waals surface area (Å²) in [5.74, 6) is -0.982. The van der Waals surface area contributed by atoms with Crippen molar-refractivity contribution in [1.29, 1.82) is 0 Å². The van der Waals surface area contributed by atoms with Gasteiger partial charge in [0.15, 0.2) is 0 Å². The van der Waals surface area contributed by atoms with Gasteiger partial charge in [-0.1, -0.05) is 19.3 Å². The Morgan fingerprint density at radius 1 is 1.18 bits per heavy atom. The van der Waals surface area contributed by atoms with Crippen LogP contribution in [-0.2, 0) is 14.3 Å². The summed E-state index contributed by atoms with van der Waals surface area (Å²) in [6.07, 6.45) is 4.60. The summed E-state index contributed by atoms with van der Waals surface area (Å²) in [6.45, 7) is 5.11. The fourth-order valence-electron chi connectivity index (χ4n) is 2.62. The van der Waals surface area contributed by atoms with E-state index in [0.29, 0.717) is 0 Å². The number of Topliss-reactive ketones (excluding diaryl/α,β-unsaturated/α-hetero) is 1. The fourth-order valence-corrected chi connectivity index (χ4v) is 2.62. The molecule has 1 fully saturated rings. The monoisotopic (exact) mass is 313 g/mol. The Balaban J connectivity index is 2.45. The molecule has 0 saturated heterocycles. The zero-order chi connectivity index (χ0) is 16.8. The highest BCUT2D eigenvalue weighted by Gasteiger charge is 2.26. The number of rotatable bonds is 6. The van der Waals surface area contributed by atoms with Crippen molar-refractivity contribution in [2.75, 3.05) is 0 Å². The maximum absolute atomic E-state index is 12.1. The fraction of sp³-hybridized carbons (Fsp3) is 0.812. The number of carbonyl (C=O) groups is 3. The molecule has 6 nitrogen and oxygen atoms in total. The zero-order valence-electron chi connectivity index (χ0n) is 13.7. The molecule has 1 atom stereocenters. The molecule has 0 bridgehead atoms. The molecule has 0 aromatic rings. The standard InChI is InChI=1S/C16H27NO5/c1-16(2,3)22-15(21)17-12(14(19)20)9-10-13(18)11-7-5-4-6-8-11/h11-12H,4-10H2,1-3H3,(H,17,21)(H,19,20). The topological polar surface area (TPSA) is 92.7 Å². The molecule has 1 aliphatic carbocycles. The van der Waals surface area contributed by atoms with Gasteiger partial charge in [0.05, 0.1) is 0 Å². The van der Waals surface area contributed by atoms with Gasteiger partial charge in [-0.15, -0.1) is 0 Å². The molecular formula is C16H27NO5. The van der Waals surface area contributed by atoms with Crippen molar-refractivity contribution in [1.82, 2.24) is 5.32 Å². The number of carboxylic acid groups (broad SMARTS) is 1. The van der Waals surface area contributed by atoms with E-state index in [2.05, 4.69) is 5.32 Å². The second kappa shape index (κ2) is 8.15. The van der Waals surface area contributed by atoms with Crippen LogP contribution in [0.25, 0.3) is 0 Å². The van der Waals surface area contributed by atoms with Gasteiger partial charge in [0.2, 0.25) is 0 Å². The van der Waals surface area contributed by atoms with Crippen molar-refractivity contribution in [2.45, 2.75) is 77.4 Å². The van der Waals surface area contributed by atoms with Crippen molar-refractivity contribution in [3.05, 3.63) is 0 Å². The average Bonchev–Trinajstić information content (AvgIpc) is 2.41. The summed E-state index contributed by atoms with van der Waals surface area (Å²) >= 11 is 0. The van der Waals surface area contributed by atoms with E-state index >= 15 is 0 Å². The number of ether oxygens (including phenoxy) is 1. The van der Waals surface area contributed by atoms with Crippen LogP contribution in [0.15, 0.2) is 0 Å². The lowest BCUT2D eigenvalue weighted by molar-refractivity contribution is -0.139. The summed E-state index contributed by atoms with van der Waals surface area (Å²) in [6, 6.07) is -1.10. The van der Waals surface area contributed by atoms with Gasteiger partial charge in [0, 0.05) is 12.3 Å². The Morgan fingerprint density at radius 3 is 2.27 bits per heavy atom. The molecule has 22 heavy (non-hydrogen) atoms. The van der Waals surface area contributed by atoms with Crippen LogP contribution in [0.5, 0.6) is 0 Å². The normalized spacial score (nSPS) is 17.6. The van der Waals surface area contributed by atoms with E-state index in [1.54, 1.807) is 20.8 Å². The highest BCUT2D eigenvalue weighted by Crippen LogP contribution is 2.25. The smallest absolute Gasteiger partial charge is 0.408 e. The quantitative estimate of drug-likeness (QED) is 0.786. The lowest BCUT2D eigenvalue weighted by Crippen LogP contribution is -2.43. The largest absolute Gasteiger partial charge is 0.480 e. The molecule has 0 heterocycles. The molecular weight excluding hydrogens is 286 g/mol. The number of alkyl carbamates (subject to hydrolysis) is 1. The SMILES string of the molecule is CC(C)(C)OC(=O)NC(CCC(=O)C1CCCCC1)C(=O)O. The van der Waals surface area contributed by atoms with Gasteiger partial charge in [0.1, 0.15) is 17.4 Å². The van der Waals surface area contributed by atoms with E-state index in [9.17, 15) is 14.4 Å². The van der Waals surface area contributed by atoms with E-state index < -0.39 is 23.7 Å². The van der Waals surface area contributed by atoms with E-state index in [1.807, 2.05) is 0 Å². The Labute approximate surface area is 131 Å². The van der Waals surface area contributed by atoms with Gasteiger partial charge >= 0.3 is 12.1 Å². The first-order chi connectivity index (χ1) is 10.2. The van der Waals surface area contributed by atoms with E-state index in [0.717, 1.165) is 25.7 Å². The van der Waals surface area contributed by atoms with Crippen LogP contribution in [0.2, 0.25) is 0 Å². The minimum absolute atomic E-state index is 0.0599. The predicted octanol–water partition coefficient (Wildman–Crippen LogP) is 2.89. The molecule has 1 saturated carbocycles. The summed E-state index contributed by atoms with van der Waals surface area (Å²) in [5.41, 5.74) is -0.689. The zero-order valence-corrected chi connectivity index (χ0v) is 13.7. The van der Waals surface area contributed by atoms with Gasteiger partial charge in [-0.2, -0.15) is 0 Å². The van der Waals surface area contributed by atoms with Crippen LogP contribution < -0.4 is 5.32 Å². The van der Waals surface area contributed by atoms with E-state index in [-0.39, 0.29) is 24.5 Å². The van der Waals surface area contributed by atoms with Gasteiger partial charge < -0.3 is 15.2 Å². The molecule has 0 aliphatic heterocycles. The average molecular weight is 313 g/mol. The van der Waals surface area contributed by atoms with Crippen LogP contribution >= 0.6 is 0 Å². The van der Waals surface area contributed by atoms with Crippen LogP contribution in [0, 0.1) is 5.92 Å². The second-order valence-corrected chi connectivity index (χ2v) is 6.88. The minimum Gasteiger partial charge on any atom is -0.480 e. The van der Waals surface area contributed by atoms with Gasteiger partial charge in [-0.25, -0.2) is 9.59 Å². The first kappa shape index (κ1) is 18.5. The summed E-state index contributed by atoms with van der Waals surface area (Å²) in [7, 11) is 0. The van der Waals surface area contributed by atoms with Crippen LogP contribution in [-0.4, -0.2) is 34.6 Å². The molecule has 0 radical (unpaired) electrons. The van der Waals surface area contributed by atoms with Crippen molar-refractivity contribution in [3.63, 3.8) is 0 Å². The Bertz CT molecular complexity index is 407. The molecule has 1 amide bonds. The third kappa shape index (κ3) is 6.91. The first-order valence-corrected chi connectivity index (χ1v) is 7.94. The molecule has 2 N–H and O–H groups in total. The number of amides is 1. The number of hydrogen-bond donors (Lipinski definition) is 2. The third-order valence-electron chi connectivity index (χ3n) is 3.73. The van der Waals surface area contributed by atoms with Gasteiger partial charge in [0.25, 0.3) is 0 Å². The van der Waals surface area contributed by atoms with Gasteiger partial charge in [-0.3, -0.25) is 4.79 Å². The second-order valence-electron chi connectivity index (χ2n) is 6.88. The highest BCUT2D eigenvalue weighted by molar-refractivity contribution is 5.83. The molecule has 0 aromatic heterocycles. The van der Waals surface area contributed by atoms with Crippen LogP contribution in [0.4, 0.5) is 4.79 Å². The Kier molecular flexibility index (Phi) is 6.84. The summed E-state index contributed by atoms with van der Waals surface area (Å²) in [4.78, 5) is 34.9.